The van der Waals surface area contributed by atoms with Crippen LogP contribution in [-0.2, 0) is 4.79 Å². The fourth-order valence-electron chi connectivity index (χ4n) is 1.77. The van der Waals surface area contributed by atoms with Gasteiger partial charge in [0.15, 0.2) is 0 Å². The van der Waals surface area contributed by atoms with Crippen LogP contribution in [0.15, 0.2) is 0 Å². The third-order valence-electron chi connectivity index (χ3n) is 3.92. The van der Waals surface area contributed by atoms with E-state index in [4.69, 9.17) is 0 Å². The first kappa shape index (κ1) is 14.5. The fourth-order valence-corrected chi connectivity index (χ4v) is 1.77. The maximum atomic E-state index is 11.0. The van der Waals surface area contributed by atoms with Gasteiger partial charge in [-0.15, -0.1) is 0 Å². The molecule has 0 rings (SSSR count). The van der Waals surface area contributed by atoms with Crippen LogP contribution in [0.5, 0.6) is 0 Å². The molecule has 0 aromatic rings. The van der Waals surface area contributed by atoms with Crippen LogP contribution in [0.1, 0.15) is 54.4 Å². The molecule has 89 valence electrons. The average Bonchev–Trinajstić information content (AvgIpc) is 2.27. The van der Waals surface area contributed by atoms with E-state index in [2.05, 4.69) is 48.0 Å². The van der Waals surface area contributed by atoms with Gasteiger partial charge in [-0.25, -0.2) is 0 Å². The Hall–Kier alpha value is -0.530. The zero-order valence-electron chi connectivity index (χ0n) is 11.1. The molecule has 0 aromatic carbocycles. The van der Waals surface area contributed by atoms with E-state index in [0.717, 1.165) is 12.8 Å². The molecule has 0 N–H and O–H groups in total. The predicted octanol–water partition coefficient (Wildman–Crippen LogP) is 3.22. The minimum Gasteiger partial charge on any atom is -0.329 e. The Labute approximate surface area is 95.0 Å². The second-order valence-electron chi connectivity index (χ2n) is 4.75. The summed E-state index contributed by atoms with van der Waals surface area (Å²) in [6, 6.07) is 0.577. The van der Waals surface area contributed by atoms with Gasteiger partial charge in [0.2, 0.25) is 0 Å². The Morgan fingerprint density at radius 1 is 0.933 bits per heavy atom. The molecule has 0 saturated heterocycles. The van der Waals surface area contributed by atoms with Crippen LogP contribution in [0.25, 0.3) is 0 Å². The first-order chi connectivity index (χ1) is 6.99. The van der Waals surface area contributed by atoms with Crippen LogP contribution in [0, 0.1) is 11.8 Å². The van der Waals surface area contributed by atoms with Gasteiger partial charge in [-0.2, -0.15) is 0 Å². The second-order valence-corrected chi connectivity index (χ2v) is 4.75. The molecule has 0 saturated carbocycles. The normalized spacial score (nSPS) is 19.1. The van der Waals surface area contributed by atoms with Crippen molar-refractivity contribution < 1.29 is 4.79 Å². The van der Waals surface area contributed by atoms with Crippen molar-refractivity contribution in [3.63, 3.8) is 0 Å². The van der Waals surface area contributed by atoms with Crippen LogP contribution in [-0.4, -0.2) is 23.4 Å². The van der Waals surface area contributed by atoms with Crippen LogP contribution >= 0.6 is 0 Å². The summed E-state index contributed by atoms with van der Waals surface area (Å²) in [5.74, 6) is 1.08. The second kappa shape index (κ2) is 6.86. The predicted molar refractivity (Wildman–Crippen MR) is 65.4 cm³/mol. The van der Waals surface area contributed by atoms with Crippen molar-refractivity contribution in [1.29, 1.82) is 0 Å². The van der Waals surface area contributed by atoms with E-state index in [-0.39, 0.29) is 12.1 Å². The number of nitrogens with zero attached hydrogens (tertiary/aromatic N) is 1. The van der Waals surface area contributed by atoms with E-state index in [1.807, 2.05) is 4.90 Å². The van der Waals surface area contributed by atoms with Gasteiger partial charge >= 0.3 is 6.41 Å². The van der Waals surface area contributed by atoms with E-state index >= 15 is 0 Å². The Balaban J connectivity index is 4.53. The average molecular weight is 212 g/mol. The summed E-state index contributed by atoms with van der Waals surface area (Å²) in [5, 5.41) is 0. The van der Waals surface area contributed by atoms with Crippen molar-refractivity contribution in [1.82, 2.24) is 4.90 Å². The summed E-state index contributed by atoms with van der Waals surface area (Å²) >= 11 is 0. The molecule has 0 fully saturated rings. The molecule has 0 bridgehead atoms. The van der Waals surface area contributed by atoms with Crippen LogP contribution in [0.3, 0.4) is 0 Å². The monoisotopic (exact) mass is 212 g/mol. The maximum absolute atomic E-state index is 11.0. The lowest BCUT2D eigenvalue weighted by atomic mass is 9.94. The maximum Gasteiger partial charge on any atom is 0.312 e. The molecule has 2 nitrogen and oxygen atoms in total. The van der Waals surface area contributed by atoms with Gasteiger partial charge in [0.25, 0.3) is 0 Å². The lowest BCUT2D eigenvalue weighted by Gasteiger charge is -2.36. The van der Waals surface area contributed by atoms with Crippen LogP contribution in [0.4, 0.5) is 0 Å². The number of carbonyl (C=O) groups excluding carboxylic acids is 1. The molecule has 0 aromatic heterocycles. The Kier molecular flexibility index (Phi) is 6.62. The Morgan fingerprint density at radius 3 is 1.47 bits per heavy atom. The number of hydrogen-bond donors (Lipinski definition) is 0. The summed E-state index contributed by atoms with van der Waals surface area (Å²) in [6.45, 7) is 13.0. The number of rotatable bonds is 7. The summed E-state index contributed by atoms with van der Waals surface area (Å²) < 4.78 is 0. The topological polar surface area (TPSA) is 20.3 Å². The number of hydrogen-bond acceptors (Lipinski definition) is 1. The van der Waals surface area contributed by atoms with Crippen molar-refractivity contribution in [2.75, 3.05) is 0 Å². The largest absolute Gasteiger partial charge is 0.329 e. The lowest BCUT2D eigenvalue weighted by Crippen LogP contribution is -2.45. The molecule has 15 heavy (non-hydrogen) atoms. The summed E-state index contributed by atoms with van der Waals surface area (Å²) in [7, 11) is 0. The van der Waals surface area contributed by atoms with E-state index in [0.29, 0.717) is 11.8 Å². The molecule has 0 spiro atoms. The third-order valence-corrected chi connectivity index (χ3v) is 3.92. The van der Waals surface area contributed by atoms with Crippen LogP contribution < -0.4 is 0 Å². The molecule has 4 unspecified atom stereocenters. The Bertz CT molecular complexity index is 165. The molecule has 0 aliphatic carbocycles. The van der Waals surface area contributed by atoms with Gasteiger partial charge in [-0.05, 0) is 25.7 Å². The molecule has 1 amide bonds. The summed E-state index contributed by atoms with van der Waals surface area (Å²) in [6.07, 6.45) is 4.32. The third kappa shape index (κ3) is 3.84. The first-order valence-electron chi connectivity index (χ1n) is 6.15. The highest BCUT2D eigenvalue weighted by molar-refractivity contribution is 5.49. The first-order valence-corrected chi connectivity index (χ1v) is 6.15. The molecule has 2 heteroatoms. The molecule has 0 aliphatic heterocycles. The molecule has 0 aliphatic rings. The van der Waals surface area contributed by atoms with E-state index in [9.17, 15) is 4.79 Å². The minimum atomic E-state index is 0.288. The highest BCUT2D eigenvalue weighted by atomic mass is 16.1. The van der Waals surface area contributed by atoms with Gasteiger partial charge in [-0.3, -0.25) is 4.79 Å². The SMILES string of the molecule is CCC(C)C(C)N([C]=O)C(C)C(C)CC. The minimum absolute atomic E-state index is 0.288. The van der Waals surface area contributed by atoms with Crippen molar-refractivity contribution in [3.05, 3.63) is 0 Å². The lowest BCUT2D eigenvalue weighted by molar-refractivity contribution is 0.156. The van der Waals surface area contributed by atoms with Gasteiger partial charge in [0.1, 0.15) is 0 Å². The van der Waals surface area contributed by atoms with Gasteiger partial charge in [0.05, 0.1) is 0 Å². The number of amides is 1. The van der Waals surface area contributed by atoms with Crippen LogP contribution in [0.2, 0.25) is 0 Å². The van der Waals surface area contributed by atoms with Crippen molar-refractivity contribution in [2.24, 2.45) is 11.8 Å². The van der Waals surface area contributed by atoms with Gasteiger partial charge < -0.3 is 4.90 Å². The van der Waals surface area contributed by atoms with Crippen molar-refractivity contribution >= 4 is 6.41 Å². The molecule has 1 radical (unpaired) electrons. The van der Waals surface area contributed by atoms with Gasteiger partial charge in [-0.1, -0.05) is 40.5 Å². The smallest absolute Gasteiger partial charge is 0.312 e. The molecular formula is C13H26NO. The summed E-state index contributed by atoms with van der Waals surface area (Å²) in [4.78, 5) is 12.9. The Morgan fingerprint density at radius 2 is 1.27 bits per heavy atom. The van der Waals surface area contributed by atoms with Gasteiger partial charge in [0, 0.05) is 12.1 Å². The zero-order chi connectivity index (χ0) is 12.0. The van der Waals surface area contributed by atoms with Crippen molar-refractivity contribution in [3.8, 4) is 0 Å². The molecule has 4 atom stereocenters. The summed E-state index contributed by atoms with van der Waals surface area (Å²) in [5.41, 5.74) is 0. The molecule has 0 heterocycles. The van der Waals surface area contributed by atoms with Crippen molar-refractivity contribution in [2.45, 2.75) is 66.5 Å². The quantitative estimate of drug-likeness (QED) is 0.593. The van der Waals surface area contributed by atoms with E-state index in [1.54, 1.807) is 0 Å². The van der Waals surface area contributed by atoms with E-state index in [1.165, 1.54) is 0 Å². The highest BCUT2D eigenvalue weighted by Gasteiger charge is 2.25. The molecular weight excluding hydrogens is 186 g/mol. The fraction of sp³-hybridized carbons (Fsp3) is 0.923. The van der Waals surface area contributed by atoms with E-state index < -0.39 is 0 Å². The zero-order valence-corrected chi connectivity index (χ0v) is 11.1. The standard InChI is InChI=1S/C13H26NO/c1-7-10(3)12(5)14(9-15)13(6)11(4)8-2/h10-13H,7-8H2,1-6H3. The highest BCUT2D eigenvalue weighted by Crippen LogP contribution is 2.20.